The second kappa shape index (κ2) is 10.1. The largest absolute Gasteiger partial charge is 0.507 e. The van der Waals surface area contributed by atoms with Crippen molar-refractivity contribution in [1.82, 2.24) is 4.98 Å². The zero-order valence-corrected chi connectivity index (χ0v) is 22.4. The van der Waals surface area contributed by atoms with Crippen molar-refractivity contribution in [2.45, 2.75) is 52.7 Å². The molecule has 1 fully saturated rings. The van der Waals surface area contributed by atoms with E-state index >= 15 is 0 Å². The molecule has 38 heavy (non-hydrogen) atoms. The maximum atomic E-state index is 13.5. The van der Waals surface area contributed by atoms with E-state index in [4.69, 9.17) is 9.47 Å². The van der Waals surface area contributed by atoms with E-state index in [2.05, 4.69) is 4.98 Å². The molecule has 0 saturated carbocycles. The molecule has 0 spiro atoms. The van der Waals surface area contributed by atoms with Crippen molar-refractivity contribution in [2.24, 2.45) is 0 Å². The number of ether oxygens (including phenoxy) is 2. The average molecular weight is 533 g/mol. The fourth-order valence-corrected chi connectivity index (χ4v) is 5.87. The van der Waals surface area contributed by atoms with Crippen molar-refractivity contribution >= 4 is 39.7 Å². The first-order valence-electron chi connectivity index (χ1n) is 12.5. The molecule has 196 valence electrons. The van der Waals surface area contributed by atoms with Gasteiger partial charge in [-0.1, -0.05) is 30.4 Å². The number of fused-ring (bicyclic) bond motifs is 1. The number of aliphatic hydroxyl groups is 1. The Balaban J connectivity index is 1.68. The second-order valence-electron chi connectivity index (χ2n) is 9.51. The first-order chi connectivity index (χ1) is 18.2. The third kappa shape index (κ3) is 4.47. The maximum absolute atomic E-state index is 13.5. The number of hydrogen-bond acceptors (Lipinski definition) is 8. The minimum absolute atomic E-state index is 0.0162. The zero-order valence-electron chi connectivity index (χ0n) is 21.6. The lowest BCUT2D eigenvalue weighted by molar-refractivity contribution is -0.132. The Morgan fingerprint density at radius 2 is 2.03 bits per heavy atom. The molecule has 3 heterocycles. The number of rotatable bonds is 7. The highest BCUT2D eigenvalue weighted by atomic mass is 32.1. The van der Waals surface area contributed by atoms with Gasteiger partial charge in [-0.25, -0.2) is 4.98 Å². The highest BCUT2D eigenvalue weighted by Crippen LogP contribution is 2.45. The van der Waals surface area contributed by atoms with Gasteiger partial charge in [0.15, 0.2) is 10.9 Å². The normalized spacial score (nSPS) is 19.9. The van der Waals surface area contributed by atoms with Gasteiger partial charge >= 0.3 is 5.91 Å². The standard InChI is InChI=1S/C29H28N2O6S/c1-5-11-36-21-8-6-7-18(14-21)24-23(25(33)19-9-10-22-20(13-19)12-15(2)37-22)26(34)28(35)31(24)29-30-16(3)27(38-29)17(4)32/h6-10,13-15,24,33H,5,11-12H2,1-4H3/t15-,24+/m0/s1. The predicted molar refractivity (Wildman–Crippen MR) is 144 cm³/mol. The van der Waals surface area contributed by atoms with Gasteiger partial charge in [-0.3, -0.25) is 19.3 Å². The molecule has 3 aromatic rings. The van der Waals surface area contributed by atoms with Crippen molar-refractivity contribution in [1.29, 1.82) is 0 Å². The van der Waals surface area contributed by atoms with Gasteiger partial charge in [0.1, 0.15) is 23.4 Å². The molecule has 5 rings (SSSR count). The molecule has 2 aromatic carbocycles. The van der Waals surface area contributed by atoms with Crippen LogP contribution in [0.1, 0.15) is 65.3 Å². The van der Waals surface area contributed by atoms with Gasteiger partial charge in [0.2, 0.25) is 0 Å². The molecule has 1 amide bonds. The van der Waals surface area contributed by atoms with E-state index in [9.17, 15) is 19.5 Å². The number of Topliss-reactive ketones (excluding diaryl/α,β-unsaturated/α-hetero) is 2. The summed E-state index contributed by atoms with van der Waals surface area (Å²) in [5.74, 6) is -0.782. The monoisotopic (exact) mass is 532 g/mol. The summed E-state index contributed by atoms with van der Waals surface area (Å²) in [4.78, 5) is 45.3. The molecule has 2 atom stereocenters. The molecule has 0 bridgehead atoms. The Morgan fingerprint density at radius 1 is 1.24 bits per heavy atom. The van der Waals surface area contributed by atoms with Gasteiger partial charge in [-0.05, 0) is 61.7 Å². The number of aromatic nitrogens is 1. The number of carbonyl (C=O) groups is 3. The smallest absolute Gasteiger partial charge is 0.301 e. The van der Waals surface area contributed by atoms with Crippen LogP contribution in [0.2, 0.25) is 0 Å². The lowest BCUT2D eigenvalue weighted by Gasteiger charge is -2.23. The van der Waals surface area contributed by atoms with Crippen LogP contribution in [0.25, 0.3) is 5.76 Å². The molecule has 1 saturated heterocycles. The lowest BCUT2D eigenvalue weighted by Crippen LogP contribution is -2.29. The lowest BCUT2D eigenvalue weighted by atomic mass is 9.94. The Labute approximate surface area is 224 Å². The second-order valence-corrected chi connectivity index (χ2v) is 10.5. The Kier molecular flexibility index (Phi) is 6.79. The number of aryl methyl sites for hydroxylation is 1. The van der Waals surface area contributed by atoms with E-state index in [0.717, 1.165) is 29.1 Å². The summed E-state index contributed by atoms with van der Waals surface area (Å²) in [6, 6.07) is 11.4. The van der Waals surface area contributed by atoms with Crippen LogP contribution in [0.3, 0.4) is 0 Å². The number of aliphatic hydroxyl groups excluding tert-OH is 1. The van der Waals surface area contributed by atoms with Gasteiger partial charge in [-0.2, -0.15) is 0 Å². The third-order valence-electron chi connectivity index (χ3n) is 6.57. The van der Waals surface area contributed by atoms with Gasteiger partial charge in [-0.15, -0.1) is 0 Å². The van der Waals surface area contributed by atoms with Crippen molar-refractivity contribution in [3.05, 3.63) is 75.3 Å². The van der Waals surface area contributed by atoms with Gasteiger partial charge < -0.3 is 14.6 Å². The van der Waals surface area contributed by atoms with Crippen molar-refractivity contribution in [2.75, 3.05) is 11.5 Å². The molecule has 1 N–H and O–H groups in total. The first-order valence-corrected chi connectivity index (χ1v) is 13.3. The number of thiazole rings is 1. The van der Waals surface area contributed by atoms with Crippen LogP contribution in [0.4, 0.5) is 5.13 Å². The highest BCUT2D eigenvalue weighted by Gasteiger charge is 2.48. The number of hydrogen-bond donors (Lipinski definition) is 1. The third-order valence-corrected chi connectivity index (χ3v) is 7.83. The first kappa shape index (κ1) is 25.7. The fourth-order valence-electron chi connectivity index (χ4n) is 4.88. The summed E-state index contributed by atoms with van der Waals surface area (Å²) in [6.45, 7) is 7.59. The highest BCUT2D eigenvalue weighted by molar-refractivity contribution is 7.18. The van der Waals surface area contributed by atoms with Crippen LogP contribution < -0.4 is 14.4 Å². The topological polar surface area (TPSA) is 106 Å². The van der Waals surface area contributed by atoms with E-state index in [1.165, 1.54) is 11.8 Å². The Morgan fingerprint density at radius 3 is 2.74 bits per heavy atom. The predicted octanol–water partition coefficient (Wildman–Crippen LogP) is 5.39. The van der Waals surface area contributed by atoms with E-state index < -0.39 is 17.7 Å². The molecule has 0 aliphatic carbocycles. The molecule has 0 unspecified atom stereocenters. The minimum Gasteiger partial charge on any atom is -0.507 e. The molecule has 9 heteroatoms. The Hall–Kier alpha value is -3.98. The minimum atomic E-state index is -0.964. The molecular formula is C29H28N2O6S. The zero-order chi connectivity index (χ0) is 27.1. The molecule has 2 aliphatic rings. The van der Waals surface area contributed by atoms with Crippen molar-refractivity contribution in [3.8, 4) is 11.5 Å². The summed E-state index contributed by atoms with van der Waals surface area (Å²) in [7, 11) is 0. The van der Waals surface area contributed by atoms with Gasteiger partial charge in [0.25, 0.3) is 5.78 Å². The number of amides is 1. The van der Waals surface area contributed by atoms with E-state index in [-0.39, 0.29) is 28.4 Å². The van der Waals surface area contributed by atoms with Gasteiger partial charge in [0, 0.05) is 18.9 Å². The molecule has 8 nitrogen and oxygen atoms in total. The van der Waals surface area contributed by atoms with E-state index in [1.807, 2.05) is 13.8 Å². The number of nitrogens with zero attached hydrogens (tertiary/aromatic N) is 2. The van der Waals surface area contributed by atoms with Crippen LogP contribution in [0, 0.1) is 6.92 Å². The van der Waals surface area contributed by atoms with Crippen LogP contribution in [-0.2, 0) is 16.0 Å². The number of benzene rings is 2. The maximum Gasteiger partial charge on any atom is 0.301 e. The van der Waals surface area contributed by atoms with Crippen molar-refractivity contribution in [3.63, 3.8) is 0 Å². The summed E-state index contributed by atoms with van der Waals surface area (Å²) in [5.41, 5.74) is 2.35. The SMILES string of the molecule is CCCOc1cccc([C@@H]2C(=C(O)c3ccc4c(c3)C[C@H](C)O4)C(=O)C(=O)N2c2nc(C)c(C(C)=O)s2)c1. The molecular weight excluding hydrogens is 504 g/mol. The number of anilines is 1. The fraction of sp³-hybridized carbons (Fsp3) is 0.310. The van der Waals surface area contributed by atoms with Crippen LogP contribution >= 0.6 is 11.3 Å². The van der Waals surface area contributed by atoms with Gasteiger partial charge in [0.05, 0.1) is 28.8 Å². The number of ketones is 2. The van der Waals surface area contributed by atoms with Crippen LogP contribution in [0.15, 0.2) is 48.0 Å². The van der Waals surface area contributed by atoms with Crippen LogP contribution in [-0.4, -0.2) is 40.3 Å². The van der Waals surface area contributed by atoms with E-state index in [1.54, 1.807) is 49.4 Å². The average Bonchev–Trinajstić information content (AvgIpc) is 3.54. The van der Waals surface area contributed by atoms with E-state index in [0.29, 0.717) is 40.5 Å². The summed E-state index contributed by atoms with van der Waals surface area (Å²) in [5, 5.41) is 11.7. The Bertz CT molecular complexity index is 1490. The quantitative estimate of drug-likeness (QED) is 0.188. The van der Waals surface area contributed by atoms with Crippen molar-refractivity contribution < 1.29 is 29.0 Å². The molecule has 2 aliphatic heterocycles. The summed E-state index contributed by atoms with van der Waals surface area (Å²) in [6.07, 6.45) is 1.51. The summed E-state index contributed by atoms with van der Waals surface area (Å²) >= 11 is 1.05. The van der Waals surface area contributed by atoms with Crippen LogP contribution in [0.5, 0.6) is 11.5 Å². The molecule has 0 radical (unpaired) electrons. The molecule has 1 aromatic heterocycles. The summed E-state index contributed by atoms with van der Waals surface area (Å²) < 4.78 is 11.6. The number of carbonyl (C=O) groups excluding carboxylic acids is 3.